The Morgan fingerprint density at radius 2 is 1.89 bits per heavy atom. The van der Waals surface area contributed by atoms with Crippen LogP contribution >= 0.6 is 11.6 Å². The van der Waals surface area contributed by atoms with Gasteiger partial charge in [0.2, 0.25) is 5.91 Å². The maximum absolute atomic E-state index is 13.8. The molecule has 1 saturated heterocycles. The number of aliphatic hydroxyl groups is 1. The van der Waals surface area contributed by atoms with Crippen molar-refractivity contribution in [3.05, 3.63) is 27.8 Å². The number of hydrogen-bond donors (Lipinski definition) is 3. The average Bonchev–Trinajstić information content (AvgIpc) is 3.23. The number of halogens is 1. The molecule has 10 nitrogen and oxygen atoms in total. The number of likely N-dealkylation sites (tertiary alicyclic amines) is 1. The van der Waals surface area contributed by atoms with Crippen LogP contribution in [0.3, 0.4) is 0 Å². The number of carbonyl (C=O) groups is 5. The summed E-state index contributed by atoms with van der Waals surface area (Å²) in [4.78, 5) is 69.6. The zero-order chi connectivity index (χ0) is 27.1. The van der Waals surface area contributed by atoms with E-state index in [-0.39, 0.29) is 30.2 Å². The van der Waals surface area contributed by atoms with Crippen LogP contribution in [0.25, 0.3) is 0 Å². The maximum Gasteiger partial charge on any atom is 0.235 e. The third-order valence-corrected chi connectivity index (χ3v) is 9.35. The minimum atomic E-state index is -2.73. The molecule has 0 bridgehead atoms. The third kappa shape index (κ3) is 3.46. The highest BCUT2D eigenvalue weighted by Gasteiger charge is 2.69. The number of fused-ring (bicyclic) bond motifs is 3. The van der Waals surface area contributed by atoms with Crippen molar-refractivity contribution in [2.75, 3.05) is 27.7 Å². The number of nitrogens with zero attached hydrogens (tertiary/aromatic N) is 2. The van der Waals surface area contributed by atoms with Gasteiger partial charge < -0.3 is 15.9 Å². The molecule has 1 aromatic carbocycles. The molecule has 4 N–H and O–H groups in total. The lowest BCUT2D eigenvalue weighted by Crippen LogP contribution is -2.74. The van der Waals surface area contributed by atoms with E-state index in [0.29, 0.717) is 16.1 Å². The summed E-state index contributed by atoms with van der Waals surface area (Å²) >= 11 is 6.83. The Morgan fingerprint density at radius 1 is 1.22 bits per heavy atom. The summed E-state index contributed by atoms with van der Waals surface area (Å²) in [7, 11) is 5.06. The third-order valence-electron chi connectivity index (χ3n) is 8.90. The highest BCUT2D eigenvalue weighted by Crippen LogP contribution is 2.52. The van der Waals surface area contributed by atoms with Gasteiger partial charge in [0.05, 0.1) is 17.5 Å². The number of primary amides is 1. The number of phenols is 1. The average molecular weight is 532 g/mol. The molecule has 1 aliphatic heterocycles. The van der Waals surface area contributed by atoms with Crippen LogP contribution in [0.2, 0.25) is 5.02 Å². The Kier molecular flexibility index (Phi) is 6.10. The van der Waals surface area contributed by atoms with Gasteiger partial charge in [-0.05, 0) is 76.5 Å². The van der Waals surface area contributed by atoms with Gasteiger partial charge in [-0.3, -0.25) is 33.8 Å². The van der Waals surface area contributed by atoms with Crippen molar-refractivity contribution in [2.45, 2.75) is 43.4 Å². The van der Waals surface area contributed by atoms with E-state index in [1.54, 1.807) is 14.1 Å². The number of Topliss-reactive ketones (excluding diaryl/α,β-unsaturated/α-hetero) is 4. The van der Waals surface area contributed by atoms with Gasteiger partial charge in [-0.15, -0.1) is 0 Å². The minimum absolute atomic E-state index is 0.00541. The zero-order valence-corrected chi connectivity index (χ0v) is 21.6. The fourth-order valence-electron chi connectivity index (χ4n) is 7.22. The van der Waals surface area contributed by atoms with Crippen molar-refractivity contribution in [3.63, 3.8) is 0 Å². The van der Waals surface area contributed by atoms with E-state index < -0.39 is 64.4 Å². The number of ketones is 4. The van der Waals surface area contributed by atoms with Gasteiger partial charge in [-0.25, -0.2) is 0 Å². The van der Waals surface area contributed by atoms with Crippen LogP contribution in [0, 0.1) is 23.7 Å². The summed E-state index contributed by atoms with van der Waals surface area (Å²) in [5.74, 6) is -10.6. The monoisotopic (exact) mass is 531 g/mol. The van der Waals surface area contributed by atoms with Crippen molar-refractivity contribution in [1.82, 2.24) is 9.80 Å². The highest BCUT2D eigenvalue weighted by atomic mass is 35.5. The molecule has 1 amide bonds. The first-order valence-electron chi connectivity index (χ1n) is 12.4. The van der Waals surface area contributed by atoms with Crippen molar-refractivity contribution in [3.8, 4) is 5.75 Å². The molecule has 3 fully saturated rings. The SMILES string of the molecule is CN(C)C1C(=O)C(C(N)=O)C(=O)C2(O)C(=O)C3C(=O)c4c(O)cc(C5CCCN5C)c(Cl)c4CC3CC12. The first kappa shape index (κ1) is 26.0. The topological polar surface area (TPSA) is 158 Å². The Balaban J connectivity index is 1.62. The second-order valence-corrected chi connectivity index (χ2v) is 11.5. The molecular weight excluding hydrogens is 502 g/mol. The summed E-state index contributed by atoms with van der Waals surface area (Å²) in [6.07, 6.45) is 1.96. The van der Waals surface area contributed by atoms with Crippen molar-refractivity contribution in [1.29, 1.82) is 0 Å². The van der Waals surface area contributed by atoms with E-state index in [1.165, 1.54) is 11.0 Å². The molecule has 0 aromatic heterocycles. The molecule has 0 spiro atoms. The van der Waals surface area contributed by atoms with Crippen LogP contribution in [-0.4, -0.2) is 88.4 Å². The summed E-state index contributed by atoms with van der Waals surface area (Å²) in [6, 6.07) is 0.308. The summed E-state index contributed by atoms with van der Waals surface area (Å²) in [6.45, 7) is 0.873. The van der Waals surface area contributed by atoms with Crippen molar-refractivity contribution >= 4 is 40.6 Å². The predicted octanol–water partition coefficient (Wildman–Crippen LogP) is 0.287. The van der Waals surface area contributed by atoms with Crippen LogP contribution in [0.15, 0.2) is 6.07 Å². The normalized spacial score (nSPS) is 35.9. The number of rotatable bonds is 3. The summed E-state index contributed by atoms with van der Waals surface area (Å²) < 4.78 is 0. The van der Waals surface area contributed by atoms with Gasteiger partial charge >= 0.3 is 0 Å². The van der Waals surface area contributed by atoms with Gasteiger partial charge in [-0.2, -0.15) is 0 Å². The van der Waals surface area contributed by atoms with Crippen LogP contribution in [0.5, 0.6) is 5.75 Å². The van der Waals surface area contributed by atoms with Gasteiger partial charge in [0.25, 0.3) is 0 Å². The number of amides is 1. The van der Waals surface area contributed by atoms with Crippen LogP contribution in [0.1, 0.15) is 46.8 Å². The fourth-order valence-corrected chi connectivity index (χ4v) is 7.57. The number of likely N-dealkylation sites (N-methyl/N-ethyl adjacent to an activating group) is 1. The van der Waals surface area contributed by atoms with Crippen LogP contribution < -0.4 is 5.73 Å². The largest absolute Gasteiger partial charge is 0.507 e. The second kappa shape index (κ2) is 8.69. The molecule has 0 radical (unpaired) electrons. The van der Waals surface area contributed by atoms with Gasteiger partial charge in [0.1, 0.15) is 5.75 Å². The molecule has 11 heteroatoms. The standard InChI is InChI=1S/C26H30ClN3O7/c1-29(2)20-13-8-10-7-12-17(15(31)9-11(19(12)27)14-5-4-6-30(14)3)21(32)16(10)23(34)26(13,37)24(35)18(22(20)33)25(28)36/h9-10,13-14,16,18,20,31,37H,4-8H2,1-3H3,(H2,28,36). The smallest absolute Gasteiger partial charge is 0.235 e. The van der Waals surface area contributed by atoms with E-state index in [9.17, 15) is 34.2 Å². The quantitative estimate of drug-likeness (QED) is 0.466. The molecule has 2 saturated carbocycles. The van der Waals surface area contributed by atoms with E-state index in [0.717, 1.165) is 19.4 Å². The Hall–Kier alpha value is -2.66. The molecule has 7 atom stereocenters. The maximum atomic E-state index is 13.8. The molecule has 7 unspecified atom stereocenters. The van der Waals surface area contributed by atoms with Gasteiger partial charge in [0, 0.05) is 17.0 Å². The predicted molar refractivity (Wildman–Crippen MR) is 131 cm³/mol. The number of carbonyl (C=O) groups excluding carboxylic acids is 5. The van der Waals surface area contributed by atoms with E-state index >= 15 is 0 Å². The van der Waals surface area contributed by atoms with Crippen LogP contribution in [-0.2, 0) is 25.6 Å². The molecule has 3 aliphatic carbocycles. The van der Waals surface area contributed by atoms with Gasteiger partial charge in [-0.1, -0.05) is 11.6 Å². The lowest BCUT2D eigenvalue weighted by molar-refractivity contribution is -0.181. The fraction of sp³-hybridized carbons (Fsp3) is 0.577. The Bertz CT molecular complexity index is 1260. The molecule has 4 aliphatic rings. The molecular formula is C26H30ClN3O7. The number of aromatic hydroxyl groups is 1. The minimum Gasteiger partial charge on any atom is -0.507 e. The molecule has 1 aromatic rings. The Labute approximate surface area is 218 Å². The first-order chi connectivity index (χ1) is 17.3. The summed E-state index contributed by atoms with van der Waals surface area (Å²) in [5, 5.41) is 22.9. The van der Waals surface area contributed by atoms with Crippen molar-refractivity contribution < 1.29 is 34.2 Å². The number of hydrogen-bond acceptors (Lipinski definition) is 9. The lowest BCUT2D eigenvalue weighted by Gasteiger charge is -2.52. The number of nitrogens with two attached hydrogens (primary N) is 1. The van der Waals surface area contributed by atoms with Crippen LogP contribution in [0.4, 0.5) is 0 Å². The van der Waals surface area contributed by atoms with Crippen molar-refractivity contribution in [2.24, 2.45) is 29.4 Å². The second-order valence-electron chi connectivity index (χ2n) is 11.1. The van der Waals surface area contributed by atoms with E-state index in [2.05, 4.69) is 4.90 Å². The highest BCUT2D eigenvalue weighted by molar-refractivity contribution is 6.35. The lowest BCUT2D eigenvalue weighted by atomic mass is 9.52. The Morgan fingerprint density at radius 3 is 2.46 bits per heavy atom. The first-order valence-corrected chi connectivity index (χ1v) is 12.8. The van der Waals surface area contributed by atoms with Gasteiger partial charge in [0.15, 0.2) is 34.7 Å². The zero-order valence-electron chi connectivity index (χ0n) is 20.9. The van der Waals surface area contributed by atoms with E-state index in [1.807, 2.05) is 7.05 Å². The molecule has 1 heterocycles. The molecule has 5 rings (SSSR count). The number of phenolic OH excluding ortho intramolecular Hbond substituents is 1. The van der Waals surface area contributed by atoms with E-state index in [4.69, 9.17) is 17.3 Å². The molecule has 37 heavy (non-hydrogen) atoms. The molecule has 198 valence electrons. The number of benzene rings is 1. The summed E-state index contributed by atoms with van der Waals surface area (Å²) in [5.41, 5.74) is 3.66.